The van der Waals surface area contributed by atoms with Gasteiger partial charge in [-0.25, -0.2) is 4.52 Å². The van der Waals surface area contributed by atoms with E-state index in [0.29, 0.717) is 5.92 Å². The first kappa shape index (κ1) is 9.06. The SMILES string of the molecule is COc1nn2ccccc2c1C(C)C. The third-order valence-electron chi connectivity index (χ3n) is 2.31. The van der Waals surface area contributed by atoms with Gasteiger partial charge in [0.15, 0.2) is 0 Å². The second kappa shape index (κ2) is 3.33. The largest absolute Gasteiger partial charge is 0.480 e. The van der Waals surface area contributed by atoms with E-state index in [9.17, 15) is 0 Å². The Morgan fingerprint density at radius 2 is 2.14 bits per heavy atom. The number of hydrogen-bond donors (Lipinski definition) is 0. The van der Waals surface area contributed by atoms with Crippen molar-refractivity contribution in [2.75, 3.05) is 7.11 Å². The van der Waals surface area contributed by atoms with Gasteiger partial charge in [0, 0.05) is 11.8 Å². The van der Waals surface area contributed by atoms with Gasteiger partial charge in [0.25, 0.3) is 0 Å². The minimum absolute atomic E-state index is 0.421. The molecule has 0 fully saturated rings. The number of rotatable bonds is 2. The van der Waals surface area contributed by atoms with Crippen molar-refractivity contribution in [2.24, 2.45) is 0 Å². The van der Waals surface area contributed by atoms with E-state index >= 15 is 0 Å². The second-order valence-corrected chi connectivity index (χ2v) is 3.61. The summed E-state index contributed by atoms with van der Waals surface area (Å²) in [7, 11) is 1.66. The molecule has 0 N–H and O–H groups in total. The smallest absolute Gasteiger partial charge is 0.237 e. The number of aromatic nitrogens is 2. The summed E-state index contributed by atoms with van der Waals surface area (Å²) < 4.78 is 7.12. The van der Waals surface area contributed by atoms with Crippen molar-refractivity contribution in [3.63, 3.8) is 0 Å². The zero-order chi connectivity index (χ0) is 10.1. The quantitative estimate of drug-likeness (QED) is 0.727. The molecule has 2 heterocycles. The molecular formula is C11H14N2O. The van der Waals surface area contributed by atoms with Crippen molar-refractivity contribution in [1.82, 2.24) is 9.61 Å². The summed E-state index contributed by atoms with van der Waals surface area (Å²) in [5, 5.41) is 4.35. The van der Waals surface area contributed by atoms with Crippen LogP contribution in [0.1, 0.15) is 25.3 Å². The topological polar surface area (TPSA) is 26.5 Å². The van der Waals surface area contributed by atoms with E-state index in [1.54, 1.807) is 7.11 Å². The molecule has 74 valence electrons. The van der Waals surface area contributed by atoms with Crippen LogP contribution in [0.25, 0.3) is 5.52 Å². The second-order valence-electron chi connectivity index (χ2n) is 3.61. The zero-order valence-electron chi connectivity index (χ0n) is 8.69. The van der Waals surface area contributed by atoms with Crippen LogP contribution in [-0.2, 0) is 0 Å². The van der Waals surface area contributed by atoms with Crippen molar-refractivity contribution in [1.29, 1.82) is 0 Å². The van der Waals surface area contributed by atoms with Gasteiger partial charge in [-0.05, 0) is 18.1 Å². The molecule has 2 rings (SSSR count). The fourth-order valence-electron chi connectivity index (χ4n) is 1.69. The highest BCUT2D eigenvalue weighted by Crippen LogP contribution is 2.29. The number of ether oxygens (including phenoxy) is 1. The van der Waals surface area contributed by atoms with Gasteiger partial charge >= 0.3 is 0 Å². The summed E-state index contributed by atoms with van der Waals surface area (Å²) in [5.41, 5.74) is 2.30. The third-order valence-corrected chi connectivity index (χ3v) is 2.31. The highest BCUT2D eigenvalue weighted by Gasteiger charge is 2.15. The first-order valence-corrected chi connectivity index (χ1v) is 4.75. The number of nitrogens with zero attached hydrogens (tertiary/aromatic N) is 2. The van der Waals surface area contributed by atoms with Gasteiger partial charge in [0.1, 0.15) is 0 Å². The third kappa shape index (κ3) is 1.25. The lowest BCUT2D eigenvalue weighted by Crippen LogP contribution is -1.91. The molecule has 0 aliphatic rings. The molecule has 0 aromatic carbocycles. The zero-order valence-corrected chi connectivity index (χ0v) is 8.69. The van der Waals surface area contributed by atoms with Crippen molar-refractivity contribution in [3.05, 3.63) is 30.0 Å². The molecule has 3 heteroatoms. The normalized spacial score (nSPS) is 11.1. The Labute approximate surface area is 83.3 Å². The Morgan fingerprint density at radius 1 is 1.36 bits per heavy atom. The molecule has 2 aromatic heterocycles. The van der Waals surface area contributed by atoms with Crippen molar-refractivity contribution < 1.29 is 4.74 Å². The van der Waals surface area contributed by atoms with Gasteiger partial charge < -0.3 is 4.74 Å². The van der Waals surface area contributed by atoms with Crippen molar-refractivity contribution >= 4 is 5.52 Å². The van der Waals surface area contributed by atoms with E-state index in [1.165, 1.54) is 5.56 Å². The molecule has 0 bridgehead atoms. The predicted octanol–water partition coefficient (Wildman–Crippen LogP) is 2.47. The molecule has 0 unspecified atom stereocenters. The molecule has 0 aliphatic heterocycles. The van der Waals surface area contributed by atoms with Crippen LogP contribution in [0.4, 0.5) is 0 Å². The van der Waals surface area contributed by atoms with Crippen LogP contribution in [0.15, 0.2) is 24.4 Å². The molecule has 0 radical (unpaired) electrons. The summed E-state index contributed by atoms with van der Waals surface area (Å²) in [6.45, 7) is 4.29. The lowest BCUT2D eigenvalue weighted by molar-refractivity contribution is 0.389. The summed E-state index contributed by atoms with van der Waals surface area (Å²) >= 11 is 0. The molecule has 14 heavy (non-hydrogen) atoms. The van der Waals surface area contributed by atoms with E-state index in [4.69, 9.17) is 4.74 Å². The molecule has 3 nitrogen and oxygen atoms in total. The fourth-order valence-corrected chi connectivity index (χ4v) is 1.69. The van der Waals surface area contributed by atoms with E-state index in [-0.39, 0.29) is 0 Å². The van der Waals surface area contributed by atoms with E-state index in [0.717, 1.165) is 11.4 Å². The number of methoxy groups -OCH3 is 1. The van der Waals surface area contributed by atoms with Gasteiger partial charge in [0.05, 0.1) is 12.6 Å². The van der Waals surface area contributed by atoms with Crippen molar-refractivity contribution in [2.45, 2.75) is 19.8 Å². The molecule has 0 spiro atoms. The molecular weight excluding hydrogens is 176 g/mol. The lowest BCUT2D eigenvalue weighted by atomic mass is 10.1. The molecule has 0 aliphatic carbocycles. The molecule has 0 saturated carbocycles. The maximum Gasteiger partial charge on any atom is 0.237 e. The monoisotopic (exact) mass is 190 g/mol. The first-order valence-electron chi connectivity index (χ1n) is 4.75. The predicted molar refractivity (Wildman–Crippen MR) is 55.8 cm³/mol. The van der Waals surface area contributed by atoms with Gasteiger partial charge in [-0.15, -0.1) is 5.10 Å². The van der Waals surface area contributed by atoms with Crippen LogP contribution in [0.5, 0.6) is 5.88 Å². The van der Waals surface area contributed by atoms with Crippen LogP contribution in [0.2, 0.25) is 0 Å². The summed E-state index contributed by atoms with van der Waals surface area (Å²) in [4.78, 5) is 0. The Hall–Kier alpha value is -1.51. The van der Waals surface area contributed by atoms with Gasteiger partial charge in [-0.3, -0.25) is 0 Å². The average Bonchev–Trinajstić information content (AvgIpc) is 2.55. The fraction of sp³-hybridized carbons (Fsp3) is 0.364. The minimum Gasteiger partial charge on any atom is -0.480 e. The Kier molecular flexibility index (Phi) is 2.15. The van der Waals surface area contributed by atoms with E-state index < -0.39 is 0 Å². The number of pyridine rings is 1. The highest BCUT2D eigenvalue weighted by atomic mass is 16.5. The van der Waals surface area contributed by atoms with Gasteiger partial charge in [0.2, 0.25) is 5.88 Å². The summed E-state index contributed by atoms with van der Waals surface area (Å²) in [6.07, 6.45) is 1.93. The molecule has 0 saturated heterocycles. The average molecular weight is 190 g/mol. The van der Waals surface area contributed by atoms with Crippen LogP contribution in [0, 0.1) is 0 Å². The van der Waals surface area contributed by atoms with Crippen LogP contribution >= 0.6 is 0 Å². The number of hydrogen-bond acceptors (Lipinski definition) is 2. The summed E-state index contributed by atoms with van der Waals surface area (Å²) in [6, 6.07) is 6.04. The van der Waals surface area contributed by atoms with Crippen LogP contribution in [0.3, 0.4) is 0 Å². The standard InChI is InChI=1S/C11H14N2O/c1-8(2)10-9-6-4-5-7-13(9)12-11(10)14-3/h4-8H,1-3H3. The highest BCUT2D eigenvalue weighted by molar-refractivity contribution is 5.60. The Morgan fingerprint density at radius 3 is 2.79 bits per heavy atom. The molecule has 0 amide bonds. The maximum atomic E-state index is 5.26. The first-order chi connectivity index (χ1) is 6.74. The van der Waals surface area contributed by atoms with Crippen LogP contribution < -0.4 is 4.74 Å². The van der Waals surface area contributed by atoms with Crippen LogP contribution in [-0.4, -0.2) is 16.7 Å². The van der Waals surface area contributed by atoms with Gasteiger partial charge in [-0.1, -0.05) is 19.9 Å². The minimum atomic E-state index is 0.421. The number of fused-ring (bicyclic) bond motifs is 1. The van der Waals surface area contributed by atoms with E-state index in [2.05, 4.69) is 25.0 Å². The Balaban J connectivity index is 2.74. The lowest BCUT2D eigenvalue weighted by Gasteiger charge is -2.04. The van der Waals surface area contributed by atoms with Gasteiger partial charge in [-0.2, -0.15) is 0 Å². The Bertz CT molecular complexity index is 445. The molecule has 0 atom stereocenters. The maximum absolute atomic E-state index is 5.26. The van der Waals surface area contributed by atoms with Crippen molar-refractivity contribution in [3.8, 4) is 5.88 Å². The molecule has 2 aromatic rings. The summed E-state index contributed by atoms with van der Waals surface area (Å²) in [5.74, 6) is 1.15. The van der Waals surface area contributed by atoms with E-state index in [1.807, 2.05) is 22.8 Å².